The zero-order valence-electron chi connectivity index (χ0n) is 8.47. The summed E-state index contributed by atoms with van der Waals surface area (Å²) in [6, 6.07) is 0. The van der Waals surface area contributed by atoms with Crippen molar-refractivity contribution >= 4 is 15.7 Å². The lowest BCUT2D eigenvalue weighted by atomic mass is 9.98. The first kappa shape index (κ1) is 11.3. The monoisotopic (exact) mass is 245 g/mol. The van der Waals surface area contributed by atoms with Gasteiger partial charge in [0.15, 0.2) is 9.84 Å². The molecule has 0 aromatic rings. The molecule has 0 aromatic carbocycles. The fraction of sp³-hybridized carbons (Fsp3) is 0.500. The Labute approximate surface area is 92.9 Å². The lowest BCUT2D eigenvalue weighted by molar-refractivity contribution is -0.122. The van der Waals surface area contributed by atoms with E-state index in [9.17, 15) is 17.6 Å². The summed E-state index contributed by atoms with van der Waals surface area (Å²) in [4.78, 5) is 11.1. The molecule has 4 nitrogen and oxygen atoms in total. The Morgan fingerprint density at radius 3 is 2.50 bits per heavy atom. The van der Waals surface area contributed by atoms with E-state index in [1.165, 1.54) is 18.2 Å². The first-order valence-electron chi connectivity index (χ1n) is 4.97. The van der Waals surface area contributed by atoms with Crippen LogP contribution in [0.25, 0.3) is 0 Å². The molecule has 0 spiro atoms. The van der Waals surface area contributed by atoms with Gasteiger partial charge in [0.05, 0.1) is 5.25 Å². The highest BCUT2D eigenvalue weighted by Gasteiger charge is 2.57. The number of amides is 1. The van der Waals surface area contributed by atoms with Gasteiger partial charge in [0.25, 0.3) is 0 Å². The van der Waals surface area contributed by atoms with Gasteiger partial charge < -0.3 is 5.73 Å². The normalized spacial score (nSPS) is 33.9. The summed E-state index contributed by atoms with van der Waals surface area (Å²) in [6.07, 6.45) is 5.74. The first-order chi connectivity index (χ1) is 7.39. The molecule has 2 aliphatic carbocycles. The van der Waals surface area contributed by atoms with E-state index < -0.39 is 31.9 Å². The van der Waals surface area contributed by atoms with E-state index >= 15 is 0 Å². The van der Waals surface area contributed by atoms with Crippen LogP contribution < -0.4 is 5.73 Å². The van der Waals surface area contributed by atoms with Crippen molar-refractivity contribution in [2.45, 2.75) is 23.1 Å². The van der Waals surface area contributed by atoms with Gasteiger partial charge in [-0.3, -0.25) is 4.79 Å². The number of halogens is 1. The number of allylic oxidation sites excluding steroid dienone is 2. The van der Waals surface area contributed by atoms with E-state index in [2.05, 4.69) is 0 Å². The molecule has 0 aliphatic heterocycles. The predicted octanol–water partition coefficient (Wildman–Crippen LogP) is 0.457. The SMILES string of the molecule is NC(=O)C1C=CC=CC1(F)S(=O)(=O)C1CC1. The van der Waals surface area contributed by atoms with Crippen molar-refractivity contribution < 1.29 is 17.6 Å². The minimum atomic E-state index is -3.99. The van der Waals surface area contributed by atoms with E-state index in [1.54, 1.807) is 0 Å². The average molecular weight is 245 g/mol. The molecular weight excluding hydrogens is 233 g/mol. The molecule has 1 amide bonds. The van der Waals surface area contributed by atoms with Crippen LogP contribution in [-0.2, 0) is 14.6 Å². The minimum absolute atomic E-state index is 0.455. The van der Waals surface area contributed by atoms with Crippen LogP contribution in [0.2, 0.25) is 0 Å². The van der Waals surface area contributed by atoms with Crippen LogP contribution in [0.15, 0.2) is 24.3 Å². The minimum Gasteiger partial charge on any atom is -0.369 e. The van der Waals surface area contributed by atoms with Gasteiger partial charge >= 0.3 is 0 Å². The first-order valence-corrected chi connectivity index (χ1v) is 6.52. The van der Waals surface area contributed by atoms with Crippen molar-refractivity contribution in [3.05, 3.63) is 24.3 Å². The smallest absolute Gasteiger partial charge is 0.244 e. The van der Waals surface area contributed by atoms with Crippen molar-refractivity contribution in [1.82, 2.24) is 0 Å². The summed E-state index contributed by atoms with van der Waals surface area (Å²) < 4.78 is 38.4. The number of carbonyl (C=O) groups excluding carboxylic acids is 1. The predicted molar refractivity (Wildman–Crippen MR) is 56.7 cm³/mol. The molecule has 0 aromatic heterocycles. The van der Waals surface area contributed by atoms with Crippen molar-refractivity contribution in [2.75, 3.05) is 0 Å². The Morgan fingerprint density at radius 2 is 2.00 bits per heavy atom. The maximum absolute atomic E-state index is 14.5. The Bertz CT molecular complexity index is 478. The number of alkyl halides is 1. The molecule has 0 heterocycles. The highest BCUT2D eigenvalue weighted by atomic mass is 32.2. The fourth-order valence-corrected chi connectivity index (χ4v) is 3.88. The Kier molecular flexibility index (Phi) is 2.41. The molecule has 0 saturated heterocycles. The van der Waals surface area contributed by atoms with Gasteiger partial charge in [-0.05, 0) is 18.9 Å². The van der Waals surface area contributed by atoms with Gasteiger partial charge in [-0.1, -0.05) is 18.2 Å². The number of rotatable bonds is 3. The average Bonchev–Trinajstić information content (AvgIpc) is 3.00. The van der Waals surface area contributed by atoms with Crippen LogP contribution in [0.5, 0.6) is 0 Å². The number of carbonyl (C=O) groups is 1. The maximum Gasteiger partial charge on any atom is 0.244 e. The Morgan fingerprint density at radius 1 is 1.38 bits per heavy atom. The molecular formula is C10H12FNO3S. The third kappa shape index (κ3) is 1.48. The number of hydrogen-bond acceptors (Lipinski definition) is 3. The van der Waals surface area contributed by atoms with E-state index in [1.807, 2.05) is 0 Å². The fourth-order valence-electron chi connectivity index (χ4n) is 1.79. The molecule has 0 bridgehead atoms. The van der Waals surface area contributed by atoms with Gasteiger partial charge in [-0.15, -0.1) is 0 Å². The topological polar surface area (TPSA) is 77.2 Å². The zero-order valence-corrected chi connectivity index (χ0v) is 9.28. The summed E-state index contributed by atoms with van der Waals surface area (Å²) in [5, 5.41) is -3.34. The molecule has 2 atom stereocenters. The number of primary amides is 1. The summed E-state index contributed by atoms with van der Waals surface area (Å²) in [5.41, 5.74) is 5.03. The highest BCUT2D eigenvalue weighted by molar-refractivity contribution is 7.93. The van der Waals surface area contributed by atoms with Crippen LogP contribution in [0, 0.1) is 5.92 Å². The molecule has 2 N–H and O–H groups in total. The second-order valence-electron chi connectivity index (χ2n) is 4.07. The standard InChI is InChI=1S/C10H12FNO3S/c11-10(16(14,15)7-4-5-7)6-2-1-3-8(10)9(12)13/h1-3,6-8H,4-5H2,(H2,12,13). The lowest BCUT2D eigenvalue weighted by Gasteiger charge is -2.28. The molecule has 2 unspecified atom stereocenters. The molecule has 1 saturated carbocycles. The zero-order chi connectivity index (χ0) is 12.0. The van der Waals surface area contributed by atoms with Crippen molar-refractivity contribution in [1.29, 1.82) is 0 Å². The van der Waals surface area contributed by atoms with Gasteiger partial charge in [0.2, 0.25) is 10.9 Å². The molecule has 1 fully saturated rings. The second-order valence-corrected chi connectivity index (χ2v) is 6.45. The van der Waals surface area contributed by atoms with Crippen LogP contribution in [0.4, 0.5) is 4.39 Å². The molecule has 2 aliphatic rings. The molecule has 6 heteroatoms. The third-order valence-electron chi connectivity index (χ3n) is 2.87. The molecule has 88 valence electrons. The number of sulfone groups is 1. The van der Waals surface area contributed by atoms with Gasteiger partial charge in [0, 0.05) is 0 Å². The quantitative estimate of drug-likeness (QED) is 0.784. The summed E-state index contributed by atoms with van der Waals surface area (Å²) >= 11 is 0. The van der Waals surface area contributed by atoms with Crippen LogP contribution >= 0.6 is 0 Å². The number of nitrogens with two attached hydrogens (primary N) is 1. The van der Waals surface area contributed by atoms with Crippen molar-refractivity contribution in [3.63, 3.8) is 0 Å². The number of hydrogen-bond donors (Lipinski definition) is 1. The Hall–Kier alpha value is -1.17. The van der Waals surface area contributed by atoms with Crippen molar-refractivity contribution in [2.24, 2.45) is 11.7 Å². The van der Waals surface area contributed by atoms with E-state index in [-0.39, 0.29) is 0 Å². The maximum atomic E-state index is 14.5. The van der Waals surface area contributed by atoms with Crippen LogP contribution in [0.1, 0.15) is 12.8 Å². The summed E-state index contributed by atoms with van der Waals surface area (Å²) in [7, 11) is -3.99. The van der Waals surface area contributed by atoms with Crippen molar-refractivity contribution in [3.8, 4) is 0 Å². The summed E-state index contributed by atoms with van der Waals surface area (Å²) in [5.74, 6) is -2.39. The molecule has 16 heavy (non-hydrogen) atoms. The van der Waals surface area contributed by atoms with Gasteiger partial charge in [-0.2, -0.15) is 0 Å². The van der Waals surface area contributed by atoms with Gasteiger partial charge in [0.1, 0.15) is 5.92 Å². The van der Waals surface area contributed by atoms with Crippen LogP contribution in [-0.4, -0.2) is 24.6 Å². The Balaban J connectivity index is 2.46. The molecule has 2 rings (SSSR count). The van der Waals surface area contributed by atoms with E-state index in [4.69, 9.17) is 5.73 Å². The molecule has 0 radical (unpaired) electrons. The second kappa shape index (κ2) is 3.41. The van der Waals surface area contributed by atoms with Gasteiger partial charge in [-0.25, -0.2) is 12.8 Å². The third-order valence-corrected chi connectivity index (χ3v) is 5.48. The highest BCUT2D eigenvalue weighted by Crippen LogP contribution is 2.43. The largest absolute Gasteiger partial charge is 0.369 e. The lowest BCUT2D eigenvalue weighted by Crippen LogP contribution is -2.47. The van der Waals surface area contributed by atoms with Crippen LogP contribution in [0.3, 0.4) is 0 Å². The summed E-state index contributed by atoms with van der Waals surface area (Å²) in [6.45, 7) is 0. The van der Waals surface area contributed by atoms with E-state index in [0.29, 0.717) is 12.8 Å². The van der Waals surface area contributed by atoms with E-state index in [0.717, 1.165) is 6.08 Å².